The largest absolute Gasteiger partial charge is 0.328 e. The SMILES string of the molecule is O=CNc1cccc2ccc(S(=O)(=O)O)cc12. The summed E-state index contributed by atoms with van der Waals surface area (Å²) in [4.78, 5) is 10.2. The van der Waals surface area contributed by atoms with Crippen molar-refractivity contribution in [3.05, 3.63) is 36.4 Å². The molecule has 0 aromatic heterocycles. The zero-order valence-corrected chi connectivity index (χ0v) is 9.44. The molecule has 0 aliphatic rings. The van der Waals surface area contributed by atoms with Gasteiger partial charge in [0.2, 0.25) is 6.41 Å². The predicted molar refractivity (Wildman–Crippen MR) is 63.4 cm³/mol. The normalized spacial score (nSPS) is 11.4. The van der Waals surface area contributed by atoms with Gasteiger partial charge in [0, 0.05) is 11.1 Å². The minimum atomic E-state index is -4.24. The molecule has 5 nitrogen and oxygen atoms in total. The molecule has 0 spiro atoms. The van der Waals surface area contributed by atoms with Crippen LogP contribution >= 0.6 is 0 Å². The minimum Gasteiger partial charge on any atom is -0.328 e. The molecule has 0 aliphatic heterocycles. The lowest BCUT2D eigenvalue weighted by molar-refractivity contribution is -0.105. The average Bonchev–Trinajstić information content (AvgIpc) is 2.28. The van der Waals surface area contributed by atoms with Crippen molar-refractivity contribution in [2.24, 2.45) is 0 Å². The Morgan fingerprint density at radius 1 is 1.18 bits per heavy atom. The number of nitrogens with one attached hydrogen (secondary N) is 1. The van der Waals surface area contributed by atoms with Crippen LogP contribution < -0.4 is 5.32 Å². The Morgan fingerprint density at radius 3 is 2.59 bits per heavy atom. The Morgan fingerprint density at radius 2 is 1.94 bits per heavy atom. The van der Waals surface area contributed by atoms with E-state index in [9.17, 15) is 13.2 Å². The van der Waals surface area contributed by atoms with Crippen LogP contribution in [0.1, 0.15) is 0 Å². The number of carbonyl (C=O) groups is 1. The predicted octanol–water partition coefficient (Wildman–Crippen LogP) is 1.65. The fourth-order valence-corrected chi connectivity index (χ4v) is 2.11. The monoisotopic (exact) mass is 251 g/mol. The second-order valence-corrected chi connectivity index (χ2v) is 4.85. The molecule has 88 valence electrons. The maximum atomic E-state index is 11.0. The maximum Gasteiger partial charge on any atom is 0.294 e. The molecule has 0 saturated carbocycles. The molecule has 2 N–H and O–H groups in total. The van der Waals surface area contributed by atoms with E-state index in [0.717, 1.165) is 5.39 Å². The second kappa shape index (κ2) is 4.15. The van der Waals surface area contributed by atoms with E-state index in [0.29, 0.717) is 17.5 Å². The van der Waals surface area contributed by atoms with Crippen LogP contribution in [0.2, 0.25) is 0 Å². The second-order valence-electron chi connectivity index (χ2n) is 3.43. The zero-order valence-electron chi connectivity index (χ0n) is 8.62. The summed E-state index contributed by atoms with van der Waals surface area (Å²) in [6, 6.07) is 9.35. The van der Waals surface area contributed by atoms with Gasteiger partial charge in [-0.2, -0.15) is 8.42 Å². The molecule has 0 atom stereocenters. The van der Waals surface area contributed by atoms with Gasteiger partial charge in [-0.05, 0) is 23.6 Å². The van der Waals surface area contributed by atoms with Crippen molar-refractivity contribution >= 4 is 33.0 Å². The first-order chi connectivity index (χ1) is 8.02. The van der Waals surface area contributed by atoms with Gasteiger partial charge in [0.1, 0.15) is 0 Å². The molecule has 1 amide bonds. The summed E-state index contributed by atoms with van der Waals surface area (Å²) in [5, 5.41) is 3.79. The number of anilines is 1. The number of hydrogen-bond donors (Lipinski definition) is 2. The summed E-state index contributed by atoms with van der Waals surface area (Å²) in [6.07, 6.45) is 0.509. The molecule has 2 aromatic rings. The summed E-state index contributed by atoms with van der Waals surface area (Å²) >= 11 is 0. The first kappa shape index (κ1) is 11.6. The summed E-state index contributed by atoms with van der Waals surface area (Å²) in [5.41, 5.74) is 0.489. The highest BCUT2D eigenvalue weighted by molar-refractivity contribution is 7.85. The van der Waals surface area contributed by atoms with Crippen LogP contribution in [-0.2, 0) is 14.9 Å². The highest BCUT2D eigenvalue weighted by Gasteiger charge is 2.11. The maximum absolute atomic E-state index is 11.0. The van der Waals surface area contributed by atoms with Gasteiger partial charge >= 0.3 is 0 Å². The molecule has 2 aromatic carbocycles. The van der Waals surface area contributed by atoms with Gasteiger partial charge < -0.3 is 5.32 Å². The Kier molecular flexibility index (Phi) is 2.83. The highest BCUT2D eigenvalue weighted by Crippen LogP contribution is 2.25. The van der Waals surface area contributed by atoms with E-state index in [2.05, 4.69) is 5.32 Å². The van der Waals surface area contributed by atoms with Gasteiger partial charge in [0.25, 0.3) is 10.1 Å². The topological polar surface area (TPSA) is 83.5 Å². The van der Waals surface area contributed by atoms with Gasteiger partial charge in [-0.25, -0.2) is 0 Å². The molecule has 0 saturated heterocycles. The average molecular weight is 251 g/mol. The fourth-order valence-electron chi connectivity index (χ4n) is 1.60. The van der Waals surface area contributed by atoms with Gasteiger partial charge in [0.05, 0.1) is 4.90 Å². The minimum absolute atomic E-state index is 0.204. The molecule has 0 fully saturated rings. The number of amides is 1. The molecule has 0 unspecified atom stereocenters. The third kappa shape index (κ3) is 2.27. The van der Waals surface area contributed by atoms with E-state index in [1.54, 1.807) is 24.3 Å². The standard InChI is InChI=1S/C11H9NO4S/c13-7-12-11-3-1-2-8-4-5-9(6-10(8)11)17(14,15)16/h1-7H,(H,12,13)(H,14,15,16). The molecule has 17 heavy (non-hydrogen) atoms. The highest BCUT2D eigenvalue weighted by atomic mass is 32.2. The Balaban J connectivity index is 2.74. The van der Waals surface area contributed by atoms with Crippen LogP contribution in [0.15, 0.2) is 41.3 Å². The van der Waals surface area contributed by atoms with Crippen molar-refractivity contribution in [1.82, 2.24) is 0 Å². The van der Waals surface area contributed by atoms with Crippen molar-refractivity contribution in [1.29, 1.82) is 0 Å². The van der Waals surface area contributed by atoms with Gasteiger partial charge in [-0.1, -0.05) is 18.2 Å². The Bertz CT molecular complexity index is 679. The van der Waals surface area contributed by atoms with Crippen LogP contribution in [0.5, 0.6) is 0 Å². The van der Waals surface area contributed by atoms with Crippen molar-refractivity contribution in [3.63, 3.8) is 0 Å². The Labute approximate surface area is 97.8 Å². The van der Waals surface area contributed by atoms with Gasteiger partial charge in [-0.3, -0.25) is 9.35 Å². The van der Waals surface area contributed by atoms with Crippen LogP contribution in [0.4, 0.5) is 5.69 Å². The molecule has 6 heteroatoms. The fraction of sp³-hybridized carbons (Fsp3) is 0. The first-order valence-electron chi connectivity index (χ1n) is 4.73. The smallest absolute Gasteiger partial charge is 0.294 e. The number of fused-ring (bicyclic) bond motifs is 1. The molecular formula is C11H9NO4S. The molecule has 2 rings (SSSR count). The summed E-state index contributed by atoms with van der Waals surface area (Å²) < 4.78 is 31.0. The summed E-state index contributed by atoms with van der Waals surface area (Å²) in [5.74, 6) is 0. The molecule has 0 radical (unpaired) electrons. The Hall–Kier alpha value is -1.92. The first-order valence-corrected chi connectivity index (χ1v) is 6.17. The third-order valence-corrected chi connectivity index (χ3v) is 3.22. The third-order valence-electron chi connectivity index (χ3n) is 2.37. The molecular weight excluding hydrogens is 242 g/mol. The van der Waals surface area contributed by atoms with Crippen LogP contribution in [-0.4, -0.2) is 19.4 Å². The number of benzene rings is 2. The van der Waals surface area contributed by atoms with Crippen LogP contribution in [0.3, 0.4) is 0 Å². The molecule has 0 bridgehead atoms. The van der Waals surface area contributed by atoms with E-state index in [1.165, 1.54) is 12.1 Å². The van der Waals surface area contributed by atoms with Gasteiger partial charge in [0.15, 0.2) is 0 Å². The lowest BCUT2D eigenvalue weighted by Crippen LogP contribution is -1.99. The zero-order chi connectivity index (χ0) is 12.5. The number of rotatable bonds is 3. The lowest BCUT2D eigenvalue weighted by Gasteiger charge is -2.06. The lowest BCUT2D eigenvalue weighted by atomic mass is 10.1. The van der Waals surface area contributed by atoms with E-state index < -0.39 is 10.1 Å². The van der Waals surface area contributed by atoms with E-state index in [4.69, 9.17) is 4.55 Å². The number of carbonyl (C=O) groups excluding carboxylic acids is 1. The van der Waals surface area contributed by atoms with Crippen LogP contribution in [0, 0.1) is 0 Å². The number of hydrogen-bond acceptors (Lipinski definition) is 3. The van der Waals surface area contributed by atoms with E-state index >= 15 is 0 Å². The van der Waals surface area contributed by atoms with Crippen molar-refractivity contribution in [2.75, 3.05) is 5.32 Å². The van der Waals surface area contributed by atoms with Gasteiger partial charge in [-0.15, -0.1) is 0 Å². The van der Waals surface area contributed by atoms with E-state index in [1.807, 2.05) is 0 Å². The van der Waals surface area contributed by atoms with E-state index in [-0.39, 0.29) is 4.90 Å². The van der Waals surface area contributed by atoms with Crippen LogP contribution in [0.25, 0.3) is 10.8 Å². The van der Waals surface area contributed by atoms with Crippen molar-refractivity contribution < 1.29 is 17.8 Å². The van der Waals surface area contributed by atoms with Crippen molar-refractivity contribution in [3.8, 4) is 0 Å². The molecule has 0 heterocycles. The summed E-state index contributed by atoms with van der Waals surface area (Å²) in [7, 11) is -4.24. The summed E-state index contributed by atoms with van der Waals surface area (Å²) in [6.45, 7) is 0. The van der Waals surface area contributed by atoms with Crippen molar-refractivity contribution in [2.45, 2.75) is 4.90 Å². The molecule has 0 aliphatic carbocycles. The quantitative estimate of drug-likeness (QED) is 0.641.